The van der Waals surface area contributed by atoms with Crippen LogP contribution in [-0.4, -0.2) is 41.1 Å². The average Bonchev–Trinajstić information content (AvgIpc) is 2.95. The van der Waals surface area contributed by atoms with Crippen molar-refractivity contribution >= 4 is 28.5 Å². The van der Waals surface area contributed by atoms with Gasteiger partial charge >= 0.3 is 0 Å². The molecule has 2 aliphatic rings. The van der Waals surface area contributed by atoms with Gasteiger partial charge in [0, 0.05) is 30.7 Å². The summed E-state index contributed by atoms with van der Waals surface area (Å²) in [4.78, 5) is 14.7. The Bertz CT molecular complexity index is 559. The number of amides is 1. The zero-order valence-corrected chi connectivity index (χ0v) is 13.8. The second-order valence-electron chi connectivity index (χ2n) is 6.26. The van der Waals surface area contributed by atoms with Crippen LogP contribution in [0.2, 0.25) is 0 Å². The lowest BCUT2D eigenvalue weighted by atomic mass is 9.84. The van der Waals surface area contributed by atoms with Crippen molar-refractivity contribution in [2.45, 2.75) is 19.4 Å². The fourth-order valence-electron chi connectivity index (χ4n) is 3.57. The summed E-state index contributed by atoms with van der Waals surface area (Å²) in [6, 6.07) is 5.16. The van der Waals surface area contributed by atoms with Crippen LogP contribution in [0, 0.1) is 15.4 Å². The lowest BCUT2D eigenvalue weighted by molar-refractivity contribution is 0.0603. The van der Waals surface area contributed by atoms with E-state index in [0.29, 0.717) is 17.4 Å². The van der Waals surface area contributed by atoms with Gasteiger partial charge < -0.3 is 15.3 Å². The SMILES string of the molecule is CC1(C)C2CNCC2CN1C(=O)c1ccc(I)c(O)c1. The minimum atomic E-state index is -0.135. The number of hydrogen-bond acceptors (Lipinski definition) is 3. The quantitative estimate of drug-likeness (QED) is 0.727. The lowest BCUT2D eigenvalue weighted by Crippen LogP contribution is -2.47. The van der Waals surface area contributed by atoms with Crippen molar-refractivity contribution < 1.29 is 9.90 Å². The van der Waals surface area contributed by atoms with E-state index in [4.69, 9.17) is 0 Å². The number of carbonyl (C=O) groups is 1. The van der Waals surface area contributed by atoms with Gasteiger partial charge in [-0.05, 0) is 66.5 Å². The Hall–Kier alpha value is -0.820. The van der Waals surface area contributed by atoms with Crippen LogP contribution in [0.25, 0.3) is 0 Å². The number of fused-ring (bicyclic) bond motifs is 1. The maximum atomic E-state index is 12.7. The van der Waals surface area contributed by atoms with Gasteiger partial charge in [-0.1, -0.05) is 0 Å². The van der Waals surface area contributed by atoms with Gasteiger partial charge in [-0.3, -0.25) is 4.79 Å². The molecule has 2 fully saturated rings. The minimum absolute atomic E-state index is 0.0242. The van der Waals surface area contributed by atoms with Gasteiger partial charge in [-0.2, -0.15) is 0 Å². The molecule has 0 radical (unpaired) electrons. The number of likely N-dealkylation sites (tertiary alicyclic amines) is 1. The molecule has 2 atom stereocenters. The highest BCUT2D eigenvalue weighted by Gasteiger charge is 2.51. The van der Waals surface area contributed by atoms with Crippen molar-refractivity contribution in [3.8, 4) is 5.75 Å². The maximum absolute atomic E-state index is 12.7. The molecule has 108 valence electrons. The third-order valence-electron chi connectivity index (χ3n) is 4.80. The minimum Gasteiger partial charge on any atom is -0.507 e. The average molecular weight is 386 g/mol. The van der Waals surface area contributed by atoms with Gasteiger partial charge in [0.1, 0.15) is 5.75 Å². The normalized spacial score (nSPS) is 27.6. The van der Waals surface area contributed by atoms with E-state index in [2.05, 4.69) is 41.8 Å². The number of benzene rings is 1. The number of aromatic hydroxyl groups is 1. The van der Waals surface area contributed by atoms with Crippen molar-refractivity contribution in [1.29, 1.82) is 0 Å². The third kappa shape index (κ3) is 2.11. The van der Waals surface area contributed by atoms with E-state index in [1.54, 1.807) is 18.2 Å². The second kappa shape index (κ2) is 4.87. The summed E-state index contributed by atoms with van der Waals surface area (Å²) in [7, 11) is 0. The number of phenols is 1. The molecule has 4 nitrogen and oxygen atoms in total. The molecule has 0 aromatic heterocycles. The zero-order chi connectivity index (χ0) is 14.5. The van der Waals surface area contributed by atoms with Crippen LogP contribution in [-0.2, 0) is 0 Å². The van der Waals surface area contributed by atoms with Crippen LogP contribution in [0.15, 0.2) is 18.2 Å². The number of halogens is 1. The Balaban J connectivity index is 1.89. The summed E-state index contributed by atoms with van der Waals surface area (Å²) in [6.07, 6.45) is 0. The fourth-order valence-corrected chi connectivity index (χ4v) is 3.90. The molecule has 0 spiro atoms. The molecule has 2 aliphatic heterocycles. The van der Waals surface area contributed by atoms with Gasteiger partial charge in [0.05, 0.1) is 3.57 Å². The van der Waals surface area contributed by atoms with Crippen LogP contribution >= 0.6 is 22.6 Å². The smallest absolute Gasteiger partial charge is 0.254 e. The first-order valence-corrected chi connectivity index (χ1v) is 8.00. The standard InChI is InChI=1S/C15H19IN2O2/c1-15(2)11-7-17-6-10(11)8-18(15)14(20)9-3-4-12(16)13(19)5-9/h3-5,10-11,17,19H,6-8H2,1-2H3. The molecule has 2 saturated heterocycles. The highest BCUT2D eigenvalue weighted by atomic mass is 127. The summed E-state index contributed by atoms with van der Waals surface area (Å²) in [5.74, 6) is 1.27. The van der Waals surface area contributed by atoms with E-state index in [9.17, 15) is 9.90 Å². The Morgan fingerprint density at radius 2 is 2.20 bits per heavy atom. The predicted octanol–water partition coefficient (Wildman–Crippen LogP) is 2.07. The Morgan fingerprint density at radius 1 is 1.45 bits per heavy atom. The summed E-state index contributed by atoms with van der Waals surface area (Å²) in [6.45, 7) is 7.08. The molecule has 0 saturated carbocycles. The van der Waals surface area contributed by atoms with E-state index >= 15 is 0 Å². The number of carbonyl (C=O) groups excluding carboxylic acids is 1. The van der Waals surface area contributed by atoms with Crippen molar-refractivity contribution in [3.05, 3.63) is 27.3 Å². The fraction of sp³-hybridized carbons (Fsp3) is 0.533. The van der Waals surface area contributed by atoms with Crippen LogP contribution in [0.4, 0.5) is 0 Å². The number of phenolic OH excluding ortho intramolecular Hbond substituents is 1. The van der Waals surface area contributed by atoms with E-state index in [1.165, 1.54) is 0 Å². The predicted molar refractivity (Wildman–Crippen MR) is 85.8 cm³/mol. The molecule has 1 aromatic rings. The monoisotopic (exact) mass is 386 g/mol. The molecule has 1 amide bonds. The largest absolute Gasteiger partial charge is 0.507 e. The van der Waals surface area contributed by atoms with Crippen molar-refractivity contribution in [2.24, 2.45) is 11.8 Å². The first kappa shape index (κ1) is 14.1. The maximum Gasteiger partial charge on any atom is 0.254 e. The van der Waals surface area contributed by atoms with Crippen LogP contribution in [0.5, 0.6) is 5.75 Å². The summed E-state index contributed by atoms with van der Waals surface area (Å²) in [5.41, 5.74) is 0.438. The van der Waals surface area contributed by atoms with Gasteiger partial charge in [0.15, 0.2) is 0 Å². The van der Waals surface area contributed by atoms with Crippen LogP contribution < -0.4 is 5.32 Å². The van der Waals surface area contributed by atoms with Crippen molar-refractivity contribution in [3.63, 3.8) is 0 Å². The van der Waals surface area contributed by atoms with E-state index in [-0.39, 0.29) is 17.2 Å². The third-order valence-corrected chi connectivity index (χ3v) is 5.71. The number of rotatable bonds is 1. The molecule has 2 unspecified atom stereocenters. The molecular weight excluding hydrogens is 367 g/mol. The molecule has 5 heteroatoms. The number of nitrogens with one attached hydrogen (secondary N) is 1. The molecule has 3 rings (SSSR count). The van der Waals surface area contributed by atoms with E-state index in [0.717, 1.165) is 23.2 Å². The highest BCUT2D eigenvalue weighted by Crippen LogP contribution is 2.41. The van der Waals surface area contributed by atoms with E-state index < -0.39 is 0 Å². The highest BCUT2D eigenvalue weighted by molar-refractivity contribution is 14.1. The van der Waals surface area contributed by atoms with E-state index in [1.807, 2.05) is 4.90 Å². The second-order valence-corrected chi connectivity index (χ2v) is 7.42. The summed E-state index contributed by atoms with van der Waals surface area (Å²) >= 11 is 2.06. The van der Waals surface area contributed by atoms with Crippen LogP contribution in [0.1, 0.15) is 24.2 Å². The molecular formula is C15H19IN2O2. The van der Waals surface area contributed by atoms with Gasteiger partial charge in [-0.25, -0.2) is 0 Å². The number of hydrogen-bond donors (Lipinski definition) is 2. The Morgan fingerprint density at radius 3 is 2.85 bits per heavy atom. The molecule has 0 bridgehead atoms. The summed E-state index contributed by atoms with van der Waals surface area (Å²) in [5, 5.41) is 13.2. The summed E-state index contributed by atoms with van der Waals surface area (Å²) < 4.78 is 0.765. The molecule has 20 heavy (non-hydrogen) atoms. The first-order valence-electron chi connectivity index (χ1n) is 6.92. The Labute approximate surface area is 132 Å². The first-order chi connectivity index (χ1) is 9.41. The van der Waals surface area contributed by atoms with Gasteiger partial charge in [0.2, 0.25) is 0 Å². The van der Waals surface area contributed by atoms with Crippen molar-refractivity contribution in [2.75, 3.05) is 19.6 Å². The molecule has 0 aliphatic carbocycles. The molecule has 2 N–H and O–H groups in total. The van der Waals surface area contributed by atoms with Gasteiger partial charge in [-0.15, -0.1) is 0 Å². The molecule has 1 aromatic carbocycles. The van der Waals surface area contributed by atoms with Gasteiger partial charge in [0.25, 0.3) is 5.91 Å². The topological polar surface area (TPSA) is 52.6 Å². The number of nitrogens with zero attached hydrogens (tertiary/aromatic N) is 1. The Kier molecular flexibility index (Phi) is 3.44. The lowest BCUT2D eigenvalue weighted by Gasteiger charge is -2.35. The zero-order valence-electron chi connectivity index (χ0n) is 11.7. The van der Waals surface area contributed by atoms with Crippen LogP contribution in [0.3, 0.4) is 0 Å². The van der Waals surface area contributed by atoms with Crippen molar-refractivity contribution in [1.82, 2.24) is 10.2 Å². The molecule has 2 heterocycles.